The second-order valence-corrected chi connectivity index (χ2v) is 13.0. The van der Waals surface area contributed by atoms with E-state index in [4.69, 9.17) is 9.72 Å². The molecule has 5 heteroatoms. The number of pyridine rings is 1. The van der Waals surface area contributed by atoms with Crippen LogP contribution in [0.2, 0.25) is 0 Å². The summed E-state index contributed by atoms with van der Waals surface area (Å²) in [5.74, 6) is 1.51. The summed E-state index contributed by atoms with van der Waals surface area (Å²) in [6, 6.07) is 50.9. The first-order valence-corrected chi connectivity index (χ1v) is 17.0. The summed E-state index contributed by atoms with van der Waals surface area (Å²) in [4.78, 5) is 4.71. The molecule has 3 aromatic heterocycles. The molecule has 0 unspecified atom stereocenters. The van der Waals surface area contributed by atoms with Crippen LogP contribution in [-0.4, -0.2) is 14.1 Å². The molecule has 0 radical (unpaired) electrons. The largest absolute Gasteiger partial charge is 0.455 e. The summed E-state index contributed by atoms with van der Waals surface area (Å²) in [6.07, 6.45) is 4.03. The summed E-state index contributed by atoms with van der Waals surface area (Å²) in [5, 5.41) is 2.27. The van der Waals surface area contributed by atoms with Crippen LogP contribution in [0.25, 0.3) is 61.2 Å². The van der Waals surface area contributed by atoms with Crippen molar-refractivity contribution in [2.75, 3.05) is 0 Å². The maximum Gasteiger partial charge on any atom is 0.255 e. The van der Waals surface area contributed by atoms with Gasteiger partial charge in [-0.1, -0.05) is 78.4 Å². The van der Waals surface area contributed by atoms with Gasteiger partial charge in [0.15, 0.2) is 16.8 Å². The Balaban J connectivity index is 1.23. The number of hydrogen-bond acceptors (Lipinski definition) is 2. The van der Waals surface area contributed by atoms with Gasteiger partial charge in [0.2, 0.25) is 0 Å². The van der Waals surface area contributed by atoms with Gasteiger partial charge in [-0.3, -0.25) is 4.98 Å². The summed E-state index contributed by atoms with van der Waals surface area (Å²) in [7, 11) is 0. The molecule has 0 saturated carbocycles. The minimum atomic E-state index is 0.749. The van der Waals surface area contributed by atoms with Crippen molar-refractivity contribution >= 4 is 32.8 Å². The van der Waals surface area contributed by atoms with Crippen LogP contribution in [0, 0.1) is 20.8 Å². The maximum absolute atomic E-state index is 6.99. The molecule has 5 nitrogen and oxygen atoms in total. The molecule has 0 aliphatic carbocycles. The second kappa shape index (κ2) is 11.9. The minimum Gasteiger partial charge on any atom is -0.455 e. The fraction of sp³-hybridized carbons (Fsp3) is 0.0667. The van der Waals surface area contributed by atoms with Crippen molar-refractivity contribution in [2.45, 2.75) is 20.8 Å². The lowest BCUT2D eigenvalue weighted by Gasteiger charge is -2.14. The van der Waals surface area contributed by atoms with Gasteiger partial charge >= 0.3 is 0 Å². The molecule has 6 aromatic carbocycles. The lowest BCUT2D eigenvalue weighted by atomic mass is 10.0. The fourth-order valence-corrected chi connectivity index (χ4v) is 7.54. The summed E-state index contributed by atoms with van der Waals surface area (Å²) in [5.41, 5.74) is 13.4. The van der Waals surface area contributed by atoms with E-state index in [2.05, 4.69) is 162 Å². The number of fused-ring (bicyclic) bond motifs is 4. The molecule has 240 valence electrons. The van der Waals surface area contributed by atoms with E-state index in [1.165, 1.54) is 22.4 Å². The molecule has 0 amide bonds. The molecule has 0 N–H and O–H groups in total. The number of aryl methyl sites for hydroxylation is 3. The average molecular weight is 648 g/mol. The fourth-order valence-electron chi connectivity index (χ4n) is 7.54. The van der Waals surface area contributed by atoms with Crippen molar-refractivity contribution in [3.05, 3.63) is 175 Å². The molecular formula is C45H35N4O+. The van der Waals surface area contributed by atoms with Crippen LogP contribution in [0.5, 0.6) is 11.5 Å². The third kappa shape index (κ3) is 4.94. The first kappa shape index (κ1) is 29.7. The first-order chi connectivity index (χ1) is 24.5. The average Bonchev–Trinajstić information content (AvgIpc) is 3.69. The van der Waals surface area contributed by atoms with E-state index < -0.39 is 0 Å². The van der Waals surface area contributed by atoms with Gasteiger partial charge in [0, 0.05) is 34.3 Å². The molecule has 0 bridgehead atoms. The Morgan fingerprint density at radius 3 is 2.12 bits per heavy atom. The molecule has 9 aromatic rings. The normalized spacial score (nSPS) is 11.5. The van der Waals surface area contributed by atoms with Crippen LogP contribution in [-0.2, 0) is 0 Å². The number of nitrogens with zero attached hydrogens (tertiary/aromatic N) is 4. The van der Waals surface area contributed by atoms with E-state index in [0.29, 0.717) is 0 Å². The Morgan fingerprint density at radius 2 is 1.32 bits per heavy atom. The van der Waals surface area contributed by atoms with Gasteiger partial charge in [0.1, 0.15) is 17.1 Å². The van der Waals surface area contributed by atoms with Gasteiger partial charge < -0.3 is 9.30 Å². The molecule has 0 aliphatic heterocycles. The van der Waals surface area contributed by atoms with E-state index in [9.17, 15) is 0 Å². The van der Waals surface area contributed by atoms with E-state index in [-0.39, 0.29) is 0 Å². The zero-order valence-electron chi connectivity index (χ0n) is 28.2. The summed E-state index contributed by atoms with van der Waals surface area (Å²) >= 11 is 0. The third-order valence-electron chi connectivity index (χ3n) is 9.54. The monoisotopic (exact) mass is 647 g/mol. The van der Waals surface area contributed by atoms with Crippen LogP contribution in [0.1, 0.15) is 16.7 Å². The molecule has 0 aliphatic rings. The Bertz CT molecular complexity index is 2680. The lowest BCUT2D eigenvalue weighted by molar-refractivity contribution is -0.568. The van der Waals surface area contributed by atoms with Crippen molar-refractivity contribution in [3.8, 4) is 39.8 Å². The molecule has 0 atom stereocenters. The number of rotatable bonds is 6. The number of aromatic nitrogens is 4. The Kier molecular flexibility index (Phi) is 7.06. The van der Waals surface area contributed by atoms with E-state index >= 15 is 0 Å². The highest BCUT2D eigenvalue weighted by atomic mass is 16.5. The van der Waals surface area contributed by atoms with Crippen molar-refractivity contribution < 1.29 is 9.30 Å². The predicted molar refractivity (Wildman–Crippen MR) is 203 cm³/mol. The van der Waals surface area contributed by atoms with Gasteiger partial charge in [-0.05, 0) is 98.6 Å². The number of hydrogen-bond donors (Lipinski definition) is 0. The lowest BCUT2D eigenvalue weighted by Crippen LogP contribution is -2.31. The Hall–Kier alpha value is -6.46. The summed E-state index contributed by atoms with van der Waals surface area (Å²) in [6.45, 7) is 6.54. The Morgan fingerprint density at radius 1 is 0.600 bits per heavy atom. The highest BCUT2D eigenvalue weighted by molar-refractivity contribution is 6.12. The second-order valence-electron chi connectivity index (χ2n) is 13.0. The SMILES string of the molecule is Cc1cc(C)c(-[n+]2cn(-c3cccc(Oc4cc(-c5ccccn5)cc5c6ccccc6n(-c6ccccc6)c45)c3)c3ccccc32)c(C)c1. The predicted octanol–water partition coefficient (Wildman–Crippen LogP) is 10.8. The van der Waals surface area contributed by atoms with E-state index in [1.54, 1.807) is 0 Å². The van der Waals surface area contributed by atoms with Crippen molar-refractivity contribution in [1.82, 2.24) is 14.1 Å². The van der Waals surface area contributed by atoms with Gasteiger partial charge in [-0.25, -0.2) is 0 Å². The maximum atomic E-state index is 6.99. The summed E-state index contributed by atoms with van der Waals surface area (Å²) < 4.78 is 13.9. The minimum absolute atomic E-state index is 0.749. The van der Waals surface area contributed by atoms with E-state index in [0.717, 1.165) is 67.0 Å². The van der Waals surface area contributed by atoms with Gasteiger partial charge in [0.05, 0.1) is 16.7 Å². The van der Waals surface area contributed by atoms with Crippen LogP contribution in [0.3, 0.4) is 0 Å². The van der Waals surface area contributed by atoms with Gasteiger partial charge in [0.25, 0.3) is 6.33 Å². The molecule has 50 heavy (non-hydrogen) atoms. The van der Waals surface area contributed by atoms with Crippen molar-refractivity contribution in [2.24, 2.45) is 0 Å². The van der Waals surface area contributed by atoms with Crippen LogP contribution in [0.15, 0.2) is 158 Å². The van der Waals surface area contributed by atoms with Crippen LogP contribution >= 0.6 is 0 Å². The number of benzene rings is 6. The van der Waals surface area contributed by atoms with Crippen LogP contribution in [0.4, 0.5) is 0 Å². The highest BCUT2D eigenvalue weighted by Gasteiger charge is 2.23. The molecule has 0 saturated heterocycles. The molecule has 0 spiro atoms. The van der Waals surface area contributed by atoms with E-state index in [1.807, 2.05) is 30.5 Å². The standard InChI is InChI=1S/C45H35N4O/c1-30-24-31(2)44(32(3)25-30)48-29-47(41-21-9-10-22-42(41)48)35-16-13-17-36(28-35)50-43-27-33(39-19-11-12-23-46-39)26-38-37-18-7-8-20-40(37)49(45(38)43)34-14-5-4-6-15-34/h4-29H,1-3H3/q+1. The third-order valence-corrected chi connectivity index (χ3v) is 9.54. The quantitative estimate of drug-likeness (QED) is 0.168. The molecule has 0 fully saturated rings. The molecule has 9 rings (SSSR count). The van der Waals surface area contributed by atoms with Gasteiger partial charge in [-0.15, -0.1) is 0 Å². The zero-order chi connectivity index (χ0) is 33.8. The highest BCUT2D eigenvalue weighted by Crippen LogP contribution is 2.42. The Labute approximate surface area is 290 Å². The smallest absolute Gasteiger partial charge is 0.255 e. The van der Waals surface area contributed by atoms with Crippen molar-refractivity contribution in [1.29, 1.82) is 0 Å². The van der Waals surface area contributed by atoms with Crippen molar-refractivity contribution in [3.63, 3.8) is 0 Å². The first-order valence-electron chi connectivity index (χ1n) is 17.0. The number of para-hydroxylation sites is 4. The van der Waals surface area contributed by atoms with Crippen LogP contribution < -0.4 is 9.30 Å². The molecule has 3 heterocycles. The van der Waals surface area contributed by atoms with Gasteiger partial charge in [-0.2, -0.15) is 9.13 Å². The number of imidazole rings is 1. The number of ether oxygens (including phenoxy) is 1. The molecular weight excluding hydrogens is 613 g/mol. The zero-order valence-corrected chi connectivity index (χ0v) is 28.2. The topological polar surface area (TPSA) is 35.9 Å².